The molecule has 2 fully saturated rings. The summed E-state index contributed by atoms with van der Waals surface area (Å²) in [6.07, 6.45) is 5.10. The van der Waals surface area contributed by atoms with Gasteiger partial charge in [-0.25, -0.2) is 4.98 Å². The second-order valence-corrected chi connectivity index (χ2v) is 8.08. The first kappa shape index (κ1) is 20.9. The van der Waals surface area contributed by atoms with Gasteiger partial charge in [-0.3, -0.25) is 4.79 Å². The number of rotatable bonds is 5. The lowest BCUT2D eigenvalue weighted by Crippen LogP contribution is -2.47. The van der Waals surface area contributed by atoms with Crippen molar-refractivity contribution in [3.05, 3.63) is 36.5 Å². The van der Waals surface area contributed by atoms with Gasteiger partial charge in [-0.2, -0.15) is 10.2 Å². The molecule has 1 amide bonds. The molecule has 162 valence electrons. The highest BCUT2D eigenvalue weighted by molar-refractivity contribution is 5.80. The Morgan fingerprint density at radius 1 is 1.19 bits per heavy atom. The molecule has 1 atom stereocenters. The number of hydrogen-bond acceptors (Lipinski definition) is 7. The van der Waals surface area contributed by atoms with Crippen molar-refractivity contribution < 1.29 is 9.53 Å². The van der Waals surface area contributed by atoms with Crippen LogP contribution in [0.4, 0.5) is 17.5 Å². The van der Waals surface area contributed by atoms with E-state index in [1.165, 1.54) is 0 Å². The topological polar surface area (TPSA) is 94.4 Å². The Balaban J connectivity index is 1.42. The van der Waals surface area contributed by atoms with Crippen molar-refractivity contribution in [3.8, 4) is 11.8 Å². The molecule has 31 heavy (non-hydrogen) atoms. The minimum atomic E-state index is -0.0539. The Kier molecular flexibility index (Phi) is 6.51. The fraction of sp³-hybridized carbons (Fsp3) is 0.478. The molecule has 1 N–H and O–H groups in total. The predicted molar refractivity (Wildman–Crippen MR) is 118 cm³/mol. The first-order valence-electron chi connectivity index (χ1n) is 10.8. The lowest BCUT2D eigenvalue weighted by atomic mass is 9.93. The number of nitrogens with zero attached hydrogens (tertiary/aromatic N) is 5. The largest absolute Gasteiger partial charge is 0.495 e. The van der Waals surface area contributed by atoms with Crippen LogP contribution < -0.4 is 15.0 Å². The van der Waals surface area contributed by atoms with E-state index >= 15 is 0 Å². The van der Waals surface area contributed by atoms with Crippen LogP contribution in [-0.2, 0) is 4.79 Å². The number of amides is 1. The number of aromatic nitrogens is 2. The summed E-state index contributed by atoms with van der Waals surface area (Å²) < 4.78 is 5.40. The Hall–Kier alpha value is -3.34. The molecule has 3 heterocycles. The van der Waals surface area contributed by atoms with E-state index in [9.17, 15) is 4.79 Å². The number of para-hydroxylation sites is 2. The van der Waals surface area contributed by atoms with Crippen LogP contribution in [0.25, 0.3) is 0 Å². The zero-order valence-corrected chi connectivity index (χ0v) is 17.8. The number of methoxy groups -OCH3 is 1. The molecule has 8 nitrogen and oxygen atoms in total. The van der Waals surface area contributed by atoms with Crippen LogP contribution in [0.1, 0.15) is 25.7 Å². The van der Waals surface area contributed by atoms with Crippen LogP contribution in [-0.4, -0.2) is 54.1 Å². The molecular formula is C23H28N6O2. The maximum atomic E-state index is 13.1. The molecule has 0 aliphatic carbocycles. The van der Waals surface area contributed by atoms with Gasteiger partial charge in [0.25, 0.3) is 0 Å². The number of carbonyl (C=O) groups is 1. The lowest BCUT2D eigenvalue weighted by molar-refractivity contribution is -0.137. The fourth-order valence-corrected chi connectivity index (χ4v) is 4.30. The number of ether oxygens (including phenoxy) is 1. The molecule has 1 aromatic heterocycles. The molecule has 2 aliphatic rings. The molecule has 2 aliphatic heterocycles. The number of anilines is 3. The summed E-state index contributed by atoms with van der Waals surface area (Å²) in [5.74, 6) is 2.28. The summed E-state index contributed by atoms with van der Waals surface area (Å²) in [5.41, 5.74) is 0.835. The third-order valence-corrected chi connectivity index (χ3v) is 6.06. The van der Waals surface area contributed by atoms with Gasteiger partial charge >= 0.3 is 0 Å². The first-order chi connectivity index (χ1) is 15.2. The van der Waals surface area contributed by atoms with Gasteiger partial charge in [0.2, 0.25) is 11.9 Å². The lowest BCUT2D eigenvalue weighted by Gasteiger charge is -2.37. The maximum absolute atomic E-state index is 13.1. The molecule has 0 saturated carbocycles. The Labute approximate surface area is 182 Å². The van der Waals surface area contributed by atoms with E-state index in [-0.39, 0.29) is 17.7 Å². The van der Waals surface area contributed by atoms with Gasteiger partial charge in [-0.1, -0.05) is 12.1 Å². The van der Waals surface area contributed by atoms with Crippen LogP contribution in [0.15, 0.2) is 36.5 Å². The summed E-state index contributed by atoms with van der Waals surface area (Å²) in [6, 6.07) is 11.8. The molecule has 1 unspecified atom stereocenters. The van der Waals surface area contributed by atoms with Gasteiger partial charge in [0.15, 0.2) is 0 Å². The summed E-state index contributed by atoms with van der Waals surface area (Å²) in [7, 11) is 1.64. The number of carbonyl (C=O) groups excluding carboxylic acids is 1. The first-order valence-corrected chi connectivity index (χ1v) is 10.8. The Morgan fingerprint density at radius 3 is 2.77 bits per heavy atom. The van der Waals surface area contributed by atoms with Crippen molar-refractivity contribution in [1.29, 1.82) is 5.26 Å². The van der Waals surface area contributed by atoms with E-state index in [0.29, 0.717) is 31.4 Å². The molecule has 1 aromatic carbocycles. The molecule has 0 bridgehead atoms. The number of nitrogens with one attached hydrogen (secondary N) is 1. The molecule has 0 spiro atoms. The average molecular weight is 421 g/mol. The van der Waals surface area contributed by atoms with Crippen molar-refractivity contribution in [3.63, 3.8) is 0 Å². The minimum absolute atomic E-state index is 0.0539. The van der Waals surface area contributed by atoms with Gasteiger partial charge in [0.05, 0.1) is 24.8 Å². The zero-order valence-electron chi connectivity index (χ0n) is 17.8. The second-order valence-electron chi connectivity index (χ2n) is 8.08. The smallest absolute Gasteiger partial charge is 0.227 e. The Morgan fingerprint density at radius 2 is 2.00 bits per heavy atom. The molecule has 4 rings (SSSR count). The summed E-state index contributed by atoms with van der Waals surface area (Å²) >= 11 is 0. The van der Waals surface area contributed by atoms with Crippen LogP contribution in [0, 0.1) is 23.2 Å². The highest BCUT2D eigenvalue weighted by atomic mass is 16.5. The zero-order chi connectivity index (χ0) is 21.6. The molecular weight excluding hydrogens is 392 g/mol. The van der Waals surface area contributed by atoms with E-state index in [1.807, 2.05) is 35.2 Å². The van der Waals surface area contributed by atoms with Gasteiger partial charge in [-0.05, 0) is 43.9 Å². The van der Waals surface area contributed by atoms with Crippen molar-refractivity contribution in [2.24, 2.45) is 11.8 Å². The number of hydrogen-bond donors (Lipinski definition) is 1. The monoisotopic (exact) mass is 420 g/mol. The van der Waals surface area contributed by atoms with Crippen LogP contribution in [0.5, 0.6) is 5.75 Å². The van der Waals surface area contributed by atoms with Gasteiger partial charge in [-0.15, -0.1) is 0 Å². The molecule has 2 aromatic rings. The van der Waals surface area contributed by atoms with Crippen molar-refractivity contribution in [2.75, 3.05) is 43.5 Å². The standard InChI is InChI=1S/C23H28N6O2/c1-31-20-7-3-2-6-19(20)26-21-8-11-25-23(27-21)29-12-4-5-18(16-29)22(30)28-13-9-17(15-24)10-14-28/h2-3,6-8,11,17-18H,4-5,9-10,12-14,16H2,1H3,(H,25,26,27). The SMILES string of the molecule is COc1ccccc1Nc1ccnc(N2CCCC(C(=O)N3CCC(C#N)CC3)C2)n1. The van der Waals surface area contributed by atoms with Crippen LogP contribution in [0.3, 0.4) is 0 Å². The highest BCUT2D eigenvalue weighted by Crippen LogP contribution is 2.28. The van der Waals surface area contributed by atoms with Gasteiger partial charge in [0, 0.05) is 38.3 Å². The predicted octanol–water partition coefficient (Wildman–Crippen LogP) is 3.21. The van der Waals surface area contributed by atoms with Gasteiger partial charge < -0.3 is 19.9 Å². The van der Waals surface area contributed by atoms with E-state index < -0.39 is 0 Å². The third kappa shape index (κ3) is 4.88. The number of benzene rings is 1. The van der Waals surface area contributed by atoms with E-state index in [0.717, 1.165) is 43.7 Å². The van der Waals surface area contributed by atoms with Crippen molar-refractivity contribution in [2.45, 2.75) is 25.7 Å². The quantitative estimate of drug-likeness (QED) is 0.794. The Bertz CT molecular complexity index is 951. The van der Waals surface area contributed by atoms with E-state index in [1.54, 1.807) is 13.3 Å². The molecule has 2 saturated heterocycles. The maximum Gasteiger partial charge on any atom is 0.227 e. The van der Waals surface area contributed by atoms with Crippen molar-refractivity contribution in [1.82, 2.24) is 14.9 Å². The van der Waals surface area contributed by atoms with Crippen molar-refractivity contribution >= 4 is 23.4 Å². The molecule has 8 heteroatoms. The average Bonchev–Trinajstić information content (AvgIpc) is 2.84. The minimum Gasteiger partial charge on any atom is -0.495 e. The number of likely N-dealkylation sites (tertiary alicyclic amines) is 1. The van der Waals surface area contributed by atoms with Gasteiger partial charge in [0.1, 0.15) is 11.6 Å². The van der Waals surface area contributed by atoms with E-state index in [2.05, 4.69) is 26.3 Å². The molecule has 0 radical (unpaired) electrons. The third-order valence-electron chi connectivity index (χ3n) is 6.06. The van der Waals surface area contributed by atoms with Crippen LogP contribution in [0.2, 0.25) is 0 Å². The normalized spacial score (nSPS) is 19.5. The van der Waals surface area contributed by atoms with E-state index in [4.69, 9.17) is 10.00 Å². The number of piperidine rings is 2. The summed E-state index contributed by atoms with van der Waals surface area (Å²) in [6.45, 7) is 2.82. The second kappa shape index (κ2) is 9.65. The number of nitriles is 1. The summed E-state index contributed by atoms with van der Waals surface area (Å²) in [4.78, 5) is 26.2. The highest BCUT2D eigenvalue weighted by Gasteiger charge is 2.32. The fourth-order valence-electron chi connectivity index (χ4n) is 4.30. The summed E-state index contributed by atoms with van der Waals surface area (Å²) in [5, 5.41) is 12.4. The van der Waals surface area contributed by atoms with Crippen LogP contribution >= 0.6 is 0 Å².